The molecule has 2 aromatic rings. The number of nitrogens with zero attached hydrogens (tertiary/aromatic N) is 2. The average molecular weight is 415 g/mol. The van der Waals surface area contributed by atoms with E-state index in [-0.39, 0.29) is 11.3 Å². The Kier molecular flexibility index (Phi) is 6.39. The van der Waals surface area contributed by atoms with Crippen molar-refractivity contribution in [2.75, 3.05) is 34.3 Å². The van der Waals surface area contributed by atoms with E-state index >= 15 is 0 Å². The number of carbonyl (C=O) groups is 2. The van der Waals surface area contributed by atoms with E-state index < -0.39 is 17.7 Å². The van der Waals surface area contributed by atoms with Crippen LogP contribution in [0, 0.1) is 6.92 Å². The molecule has 154 valence electrons. The molecule has 1 amide bonds. The van der Waals surface area contributed by atoms with E-state index in [1.54, 1.807) is 30.2 Å². The number of aryl methyl sites for hydroxylation is 1. The van der Waals surface area contributed by atoms with E-state index in [9.17, 15) is 14.7 Å². The first kappa shape index (κ1) is 21.1. The average Bonchev–Trinajstić information content (AvgIpc) is 3.29. The number of methoxy groups -OCH3 is 1. The number of Topliss-reactive ketones (excluding diaryl/α,β-unsaturated/α-hetero) is 1. The van der Waals surface area contributed by atoms with Gasteiger partial charge in [-0.15, -0.1) is 11.3 Å². The van der Waals surface area contributed by atoms with Gasteiger partial charge in [0.25, 0.3) is 11.7 Å². The molecule has 1 saturated heterocycles. The summed E-state index contributed by atoms with van der Waals surface area (Å²) in [5.74, 6) is -0.675. The van der Waals surface area contributed by atoms with Gasteiger partial charge < -0.3 is 19.6 Å². The smallest absolute Gasteiger partial charge is 0.295 e. The van der Waals surface area contributed by atoms with Crippen molar-refractivity contribution in [2.24, 2.45) is 0 Å². The molecular weight excluding hydrogens is 388 g/mol. The number of aliphatic hydroxyl groups is 1. The van der Waals surface area contributed by atoms with Gasteiger partial charge in [0.2, 0.25) is 0 Å². The van der Waals surface area contributed by atoms with Crippen molar-refractivity contribution in [1.82, 2.24) is 9.80 Å². The van der Waals surface area contributed by atoms with Crippen molar-refractivity contribution in [2.45, 2.75) is 19.4 Å². The molecule has 3 rings (SSSR count). The Hall–Kier alpha value is -2.64. The minimum Gasteiger partial charge on any atom is -0.507 e. The first-order valence-electron chi connectivity index (χ1n) is 9.46. The molecule has 1 atom stereocenters. The number of rotatable bonds is 7. The van der Waals surface area contributed by atoms with Crippen LogP contribution >= 0.6 is 11.3 Å². The van der Waals surface area contributed by atoms with Crippen LogP contribution in [0.15, 0.2) is 41.3 Å². The summed E-state index contributed by atoms with van der Waals surface area (Å²) >= 11 is 1.47. The topological polar surface area (TPSA) is 70.1 Å². The summed E-state index contributed by atoms with van der Waals surface area (Å²) in [5.41, 5.74) is 1.44. The summed E-state index contributed by atoms with van der Waals surface area (Å²) in [5, 5.41) is 13.0. The quantitative estimate of drug-likeness (QED) is 0.427. The molecule has 2 heterocycles. The largest absolute Gasteiger partial charge is 0.507 e. The zero-order valence-electron chi connectivity index (χ0n) is 17.1. The molecule has 0 aliphatic carbocycles. The second kappa shape index (κ2) is 8.80. The van der Waals surface area contributed by atoms with E-state index in [1.165, 1.54) is 11.3 Å². The molecule has 1 aromatic heterocycles. The third-order valence-corrected chi connectivity index (χ3v) is 5.97. The SMILES string of the molecule is COc1ccc(C(O)=C2C(=O)C(=O)N(CCCN(C)C)[C@H]2c2cccs2)c(C)c1. The van der Waals surface area contributed by atoms with Crippen molar-refractivity contribution in [3.63, 3.8) is 0 Å². The van der Waals surface area contributed by atoms with Gasteiger partial charge in [-0.05, 0) is 69.2 Å². The van der Waals surface area contributed by atoms with Crippen LogP contribution in [-0.4, -0.2) is 60.9 Å². The predicted molar refractivity (Wildman–Crippen MR) is 114 cm³/mol. The number of benzene rings is 1. The fourth-order valence-electron chi connectivity index (χ4n) is 3.58. The number of hydrogen-bond donors (Lipinski definition) is 1. The Balaban J connectivity index is 2.06. The van der Waals surface area contributed by atoms with E-state index in [0.717, 1.165) is 23.4 Å². The normalized spacial score (nSPS) is 18.7. The molecule has 1 N–H and O–H groups in total. The minimum absolute atomic E-state index is 0.142. The van der Waals surface area contributed by atoms with Crippen LogP contribution in [-0.2, 0) is 9.59 Å². The first-order valence-corrected chi connectivity index (χ1v) is 10.3. The molecule has 1 aliphatic heterocycles. The van der Waals surface area contributed by atoms with Crippen LogP contribution in [0.25, 0.3) is 5.76 Å². The molecule has 1 fully saturated rings. The van der Waals surface area contributed by atoms with Gasteiger partial charge in [-0.3, -0.25) is 9.59 Å². The van der Waals surface area contributed by atoms with Crippen molar-refractivity contribution in [3.05, 3.63) is 57.3 Å². The maximum absolute atomic E-state index is 12.9. The van der Waals surface area contributed by atoms with Gasteiger partial charge >= 0.3 is 0 Å². The molecule has 1 aromatic carbocycles. The molecule has 6 nitrogen and oxygen atoms in total. The van der Waals surface area contributed by atoms with Crippen LogP contribution < -0.4 is 4.74 Å². The van der Waals surface area contributed by atoms with E-state index in [1.807, 2.05) is 43.4 Å². The third kappa shape index (κ3) is 4.21. The van der Waals surface area contributed by atoms with Gasteiger partial charge in [-0.2, -0.15) is 0 Å². The lowest BCUT2D eigenvalue weighted by molar-refractivity contribution is -0.139. The Bertz CT molecular complexity index is 934. The molecule has 7 heteroatoms. The van der Waals surface area contributed by atoms with Crippen LogP contribution in [0.1, 0.15) is 28.5 Å². The number of thiophene rings is 1. The highest BCUT2D eigenvalue weighted by Gasteiger charge is 2.46. The van der Waals surface area contributed by atoms with Crippen LogP contribution in [0.3, 0.4) is 0 Å². The predicted octanol–water partition coefficient (Wildman–Crippen LogP) is 3.44. The van der Waals surface area contributed by atoms with Gasteiger partial charge in [0.1, 0.15) is 11.5 Å². The van der Waals surface area contributed by atoms with Crippen molar-refractivity contribution in [1.29, 1.82) is 0 Å². The standard InChI is InChI=1S/C22H26N2O4S/c1-14-13-15(28-4)8-9-16(14)20(25)18-19(17-7-5-12-29-17)24(22(27)21(18)26)11-6-10-23(2)3/h5,7-9,12-13,19,25H,6,10-11H2,1-4H3/t19-/m0/s1. The molecule has 0 spiro atoms. The fourth-order valence-corrected chi connectivity index (χ4v) is 4.43. The van der Waals surface area contributed by atoms with Crippen LogP contribution in [0.2, 0.25) is 0 Å². The minimum atomic E-state index is -0.638. The van der Waals surface area contributed by atoms with E-state index in [0.29, 0.717) is 17.9 Å². The van der Waals surface area contributed by atoms with Crippen LogP contribution in [0.4, 0.5) is 0 Å². The summed E-state index contributed by atoms with van der Waals surface area (Å²) in [6, 6.07) is 8.46. The first-order chi connectivity index (χ1) is 13.8. The highest BCUT2D eigenvalue weighted by atomic mass is 32.1. The lowest BCUT2D eigenvalue weighted by atomic mass is 9.97. The number of carbonyl (C=O) groups excluding carboxylic acids is 2. The maximum atomic E-state index is 12.9. The molecule has 0 radical (unpaired) electrons. The molecule has 0 bridgehead atoms. The summed E-state index contributed by atoms with van der Waals surface area (Å²) < 4.78 is 5.22. The molecular formula is C22H26N2O4S. The van der Waals surface area contributed by atoms with Crippen molar-refractivity contribution < 1.29 is 19.4 Å². The van der Waals surface area contributed by atoms with Gasteiger partial charge in [0.05, 0.1) is 18.7 Å². The third-order valence-electron chi connectivity index (χ3n) is 5.05. The number of ketones is 1. The Labute approximate surface area is 175 Å². The highest BCUT2D eigenvalue weighted by Crippen LogP contribution is 2.41. The second-order valence-electron chi connectivity index (χ2n) is 7.35. The lowest BCUT2D eigenvalue weighted by Crippen LogP contribution is -2.32. The molecule has 0 unspecified atom stereocenters. The Morgan fingerprint density at radius 2 is 2.03 bits per heavy atom. The highest BCUT2D eigenvalue weighted by molar-refractivity contribution is 7.10. The monoisotopic (exact) mass is 414 g/mol. The number of aliphatic hydroxyl groups excluding tert-OH is 1. The number of hydrogen-bond acceptors (Lipinski definition) is 6. The zero-order chi connectivity index (χ0) is 21.1. The van der Waals surface area contributed by atoms with Crippen molar-refractivity contribution in [3.8, 4) is 5.75 Å². The molecule has 29 heavy (non-hydrogen) atoms. The number of likely N-dealkylation sites (tertiary alicyclic amines) is 1. The van der Waals surface area contributed by atoms with Crippen LogP contribution in [0.5, 0.6) is 5.75 Å². The van der Waals surface area contributed by atoms with Crippen molar-refractivity contribution >= 4 is 28.8 Å². The molecule has 1 aliphatic rings. The van der Waals surface area contributed by atoms with Gasteiger partial charge in [-0.25, -0.2) is 0 Å². The van der Waals surface area contributed by atoms with Gasteiger partial charge in [-0.1, -0.05) is 6.07 Å². The lowest BCUT2D eigenvalue weighted by Gasteiger charge is -2.24. The maximum Gasteiger partial charge on any atom is 0.295 e. The Morgan fingerprint density at radius 1 is 1.28 bits per heavy atom. The summed E-state index contributed by atoms with van der Waals surface area (Å²) in [7, 11) is 5.51. The number of ether oxygens (including phenoxy) is 1. The molecule has 0 saturated carbocycles. The van der Waals surface area contributed by atoms with E-state index in [4.69, 9.17) is 4.74 Å². The number of amides is 1. The van der Waals surface area contributed by atoms with Gasteiger partial charge in [0.15, 0.2) is 0 Å². The zero-order valence-corrected chi connectivity index (χ0v) is 18.0. The second-order valence-corrected chi connectivity index (χ2v) is 8.32. The van der Waals surface area contributed by atoms with Gasteiger partial charge in [0, 0.05) is 17.0 Å². The van der Waals surface area contributed by atoms with E-state index in [2.05, 4.69) is 0 Å². The summed E-state index contributed by atoms with van der Waals surface area (Å²) in [6.45, 7) is 3.09. The fraction of sp³-hybridized carbons (Fsp3) is 0.364. The Morgan fingerprint density at radius 3 is 2.62 bits per heavy atom. The summed E-state index contributed by atoms with van der Waals surface area (Å²) in [4.78, 5) is 30.2. The summed E-state index contributed by atoms with van der Waals surface area (Å²) in [6.07, 6.45) is 0.740.